The first-order valence-corrected chi connectivity index (χ1v) is 6.00. The van der Waals surface area contributed by atoms with Gasteiger partial charge >= 0.3 is 0 Å². The van der Waals surface area contributed by atoms with Crippen LogP contribution in [0, 0.1) is 18.3 Å². The molecule has 0 radical (unpaired) electrons. The van der Waals surface area contributed by atoms with E-state index in [2.05, 4.69) is 22.4 Å². The third-order valence-corrected chi connectivity index (χ3v) is 4.06. The number of aryl methyl sites for hydroxylation is 1. The van der Waals surface area contributed by atoms with Gasteiger partial charge in [-0.1, -0.05) is 0 Å². The third kappa shape index (κ3) is 1.81. The Kier molecular flexibility index (Phi) is 2.09. The molecule has 0 unspecified atom stereocenters. The van der Waals surface area contributed by atoms with E-state index in [1.165, 1.54) is 43.5 Å². The summed E-state index contributed by atoms with van der Waals surface area (Å²) in [5.74, 6) is 1.05. The summed E-state index contributed by atoms with van der Waals surface area (Å²) in [6, 6.07) is 0. The number of aromatic nitrogens is 2. The molecule has 0 aromatic carbocycles. The van der Waals surface area contributed by atoms with Gasteiger partial charge in [-0.05, 0) is 43.9 Å². The molecule has 0 spiro atoms. The van der Waals surface area contributed by atoms with Gasteiger partial charge in [-0.2, -0.15) is 5.10 Å². The Bertz CT molecular complexity index is 348. The lowest BCUT2D eigenvalue weighted by Crippen LogP contribution is -2.25. The largest absolute Gasteiger partial charge is 0.312 e. The van der Waals surface area contributed by atoms with Crippen LogP contribution >= 0.6 is 0 Å². The van der Waals surface area contributed by atoms with Gasteiger partial charge in [0.15, 0.2) is 0 Å². The Morgan fingerprint density at radius 3 is 2.87 bits per heavy atom. The van der Waals surface area contributed by atoms with Crippen molar-refractivity contribution in [1.29, 1.82) is 0 Å². The van der Waals surface area contributed by atoms with Gasteiger partial charge in [-0.25, -0.2) is 0 Å². The molecule has 1 aromatic rings. The van der Waals surface area contributed by atoms with Crippen molar-refractivity contribution in [2.45, 2.75) is 39.2 Å². The summed E-state index contributed by atoms with van der Waals surface area (Å²) >= 11 is 0. The average molecular weight is 205 g/mol. The SMILES string of the molecule is Cc1[nH]ncc1CNCC1(C2CC2)CC1. The lowest BCUT2D eigenvalue weighted by Gasteiger charge is -2.14. The highest BCUT2D eigenvalue weighted by Crippen LogP contribution is 2.60. The van der Waals surface area contributed by atoms with Crippen LogP contribution in [0.15, 0.2) is 6.20 Å². The number of hydrogen-bond acceptors (Lipinski definition) is 2. The minimum absolute atomic E-state index is 0.706. The summed E-state index contributed by atoms with van der Waals surface area (Å²) in [6.07, 6.45) is 7.79. The van der Waals surface area contributed by atoms with E-state index in [4.69, 9.17) is 0 Å². The molecule has 2 fully saturated rings. The van der Waals surface area contributed by atoms with Crippen LogP contribution in [0.25, 0.3) is 0 Å². The Hall–Kier alpha value is -0.830. The molecule has 15 heavy (non-hydrogen) atoms. The van der Waals surface area contributed by atoms with E-state index in [9.17, 15) is 0 Å². The van der Waals surface area contributed by atoms with Gasteiger partial charge in [0.25, 0.3) is 0 Å². The summed E-state index contributed by atoms with van der Waals surface area (Å²) in [5, 5.41) is 10.6. The number of H-pyrrole nitrogens is 1. The molecule has 2 aliphatic carbocycles. The fourth-order valence-corrected chi connectivity index (χ4v) is 2.59. The number of aromatic amines is 1. The molecule has 2 N–H and O–H groups in total. The highest BCUT2D eigenvalue weighted by molar-refractivity contribution is 5.14. The van der Waals surface area contributed by atoms with E-state index in [1.807, 2.05) is 6.20 Å². The Morgan fingerprint density at radius 2 is 2.33 bits per heavy atom. The predicted octanol–water partition coefficient (Wildman–Crippen LogP) is 2.00. The summed E-state index contributed by atoms with van der Waals surface area (Å²) in [7, 11) is 0. The van der Waals surface area contributed by atoms with Crippen LogP contribution in [0.1, 0.15) is 36.9 Å². The normalized spacial score (nSPS) is 23.0. The van der Waals surface area contributed by atoms with Crippen LogP contribution < -0.4 is 5.32 Å². The quantitative estimate of drug-likeness (QED) is 0.772. The molecule has 3 heteroatoms. The minimum atomic E-state index is 0.706. The summed E-state index contributed by atoms with van der Waals surface area (Å²) < 4.78 is 0. The smallest absolute Gasteiger partial charge is 0.0535 e. The maximum absolute atomic E-state index is 4.03. The van der Waals surface area contributed by atoms with E-state index in [-0.39, 0.29) is 0 Å². The molecule has 0 aliphatic heterocycles. The van der Waals surface area contributed by atoms with E-state index in [0.717, 1.165) is 12.5 Å². The first-order chi connectivity index (χ1) is 7.30. The van der Waals surface area contributed by atoms with Crippen molar-refractivity contribution in [2.75, 3.05) is 6.54 Å². The minimum Gasteiger partial charge on any atom is -0.312 e. The predicted molar refractivity (Wildman–Crippen MR) is 59.4 cm³/mol. The lowest BCUT2D eigenvalue weighted by molar-refractivity contribution is 0.403. The van der Waals surface area contributed by atoms with Crippen molar-refractivity contribution in [3.05, 3.63) is 17.5 Å². The summed E-state index contributed by atoms with van der Waals surface area (Å²) in [5.41, 5.74) is 3.21. The maximum atomic E-state index is 4.03. The van der Waals surface area contributed by atoms with Crippen molar-refractivity contribution in [3.63, 3.8) is 0 Å². The van der Waals surface area contributed by atoms with E-state index in [0.29, 0.717) is 5.41 Å². The van der Waals surface area contributed by atoms with Crippen LogP contribution in [-0.2, 0) is 6.54 Å². The first kappa shape index (κ1) is 9.40. The number of rotatable bonds is 5. The van der Waals surface area contributed by atoms with Crippen LogP contribution in [0.4, 0.5) is 0 Å². The summed E-state index contributed by atoms with van der Waals surface area (Å²) in [4.78, 5) is 0. The molecule has 0 atom stereocenters. The van der Waals surface area contributed by atoms with Gasteiger partial charge in [-0.3, -0.25) is 5.10 Å². The number of hydrogen-bond donors (Lipinski definition) is 2. The highest BCUT2D eigenvalue weighted by Gasteiger charge is 2.53. The monoisotopic (exact) mass is 205 g/mol. The molecule has 82 valence electrons. The lowest BCUT2D eigenvalue weighted by atomic mass is 10.0. The zero-order valence-electron chi connectivity index (χ0n) is 9.34. The van der Waals surface area contributed by atoms with Crippen molar-refractivity contribution < 1.29 is 0 Å². The second-order valence-corrected chi connectivity index (χ2v) is 5.26. The van der Waals surface area contributed by atoms with Gasteiger partial charge in [0.05, 0.1) is 6.20 Å². The van der Waals surface area contributed by atoms with Crippen molar-refractivity contribution in [1.82, 2.24) is 15.5 Å². The zero-order chi connectivity index (χ0) is 10.3. The fraction of sp³-hybridized carbons (Fsp3) is 0.750. The van der Waals surface area contributed by atoms with Gasteiger partial charge in [0.1, 0.15) is 0 Å². The van der Waals surface area contributed by atoms with Gasteiger partial charge in [-0.15, -0.1) is 0 Å². The van der Waals surface area contributed by atoms with Crippen LogP contribution in [0.2, 0.25) is 0 Å². The van der Waals surface area contributed by atoms with E-state index >= 15 is 0 Å². The van der Waals surface area contributed by atoms with E-state index in [1.54, 1.807) is 0 Å². The molecule has 3 rings (SSSR count). The van der Waals surface area contributed by atoms with Crippen molar-refractivity contribution in [2.24, 2.45) is 11.3 Å². The van der Waals surface area contributed by atoms with Crippen molar-refractivity contribution in [3.8, 4) is 0 Å². The molecular weight excluding hydrogens is 186 g/mol. The Balaban J connectivity index is 1.49. The molecule has 0 bridgehead atoms. The zero-order valence-corrected chi connectivity index (χ0v) is 9.34. The second kappa shape index (κ2) is 3.34. The van der Waals surface area contributed by atoms with Crippen LogP contribution in [0.3, 0.4) is 0 Å². The average Bonchev–Trinajstić information content (AvgIpc) is 3.10. The van der Waals surface area contributed by atoms with Gasteiger partial charge in [0.2, 0.25) is 0 Å². The van der Waals surface area contributed by atoms with Crippen molar-refractivity contribution >= 4 is 0 Å². The molecule has 0 saturated heterocycles. The molecular formula is C12H19N3. The molecule has 1 heterocycles. The van der Waals surface area contributed by atoms with Gasteiger partial charge in [0, 0.05) is 24.3 Å². The van der Waals surface area contributed by atoms with Crippen LogP contribution in [-0.4, -0.2) is 16.7 Å². The van der Waals surface area contributed by atoms with Gasteiger partial charge < -0.3 is 5.32 Å². The number of nitrogens with one attached hydrogen (secondary N) is 2. The number of nitrogens with zero attached hydrogens (tertiary/aromatic N) is 1. The fourth-order valence-electron chi connectivity index (χ4n) is 2.59. The third-order valence-electron chi connectivity index (χ3n) is 4.06. The van der Waals surface area contributed by atoms with E-state index < -0.39 is 0 Å². The molecule has 1 aromatic heterocycles. The molecule has 2 saturated carbocycles. The van der Waals surface area contributed by atoms with Crippen LogP contribution in [0.5, 0.6) is 0 Å². The molecule has 0 amide bonds. The highest BCUT2D eigenvalue weighted by atomic mass is 15.1. The second-order valence-electron chi connectivity index (χ2n) is 5.26. The Morgan fingerprint density at radius 1 is 1.53 bits per heavy atom. The molecule has 2 aliphatic rings. The Labute approximate surface area is 90.7 Å². The summed E-state index contributed by atoms with van der Waals surface area (Å²) in [6.45, 7) is 4.26. The maximum Gasteiger partial charge on any atom is 0.0535 e. The standard InChI is InChI=1S/C12H19N3/c1-9-10(7-14-15-9)6-13-8-12(4-5-12)11-2-3-11/h7,11,13H,2-6,8H2,1H3,(H,14,15). The first-order valence-electron chi connectivity index (χ1n) is 6.00. The molecule has 3 nitrogen and oxygen atoms in total. The topological polar surface area (TPSA) is 40.7 Å².